The molecule has 2 fully saturated rings. The lowest BCUT2D eigenvalue weighted by Crippen LogP contribution is -2.55. The van der Waals surface area contributed by atoms with Crippen molar-refractivity contribution in [3.05, 3.63) is 23.9 Å². The number of Topliss-reactive ketones (excluding diaryl/α,β-unsaturated/α-hetero) is 1. The molecule has 0 bridgehead atoms. The molecule has 3 heterocycles. The van der Waals surface area contributed by atoms with Crippen LogP contribution in [0.1, 0.15) is 43.0 Å². The van der Waals surface area contributed by atoms with Crippen LogP contribution in [0.4, 0.5) is 5.82 Å². The highest BCUT2D eigenvalue weighted by Crippen LogP contribution is 2.39. The summed E-state index contributed by atoms with van der Waals surface area (Å²) in [4.78, 5) is 34.8. The highest BCUT2D eigenvalue weighted by atomic mass is 16.2. The van der Waals surface area contributed by atoms with E-state index in [2.05, 4.69) is 19.7 Å². The Hall–Kier alpha value is -1.95. The summed E-state index contributed by atoms with van der Waals surface area (Å²) in [5.74, 6) is 1.27. The van der Waals surface area contributed by atoms with E-state index in [0.717, 1.165) is 51.4 Å². The largest absolute Gasteiger partial charge is 0.356 e. The molecule has 1 amide bonds. The van der Waals surface area contributed by atoms with Crippen LogP contribution in [0.15, 0.2) is 18.3 Å². The molecule has 0 aliphatic carbocycles. The summed E-state index contributed by atoms with van der Waals surface area (Å²) in [6.45, 7) is 6.04. The van der Waals surface area contributed by atoms with E-state index in [-0.39, 0.29) is 11.2 Å². The maximum absolute atomic E-state index is 12.3. The average Bonchev–Trinajstić information content (AvgIpc) is 2.63. The van der Waals surface area contributed by atoms with Crippen LogP contribution < -0.4 is 4.90 Å². The fourth-order valence-electron chi connectivity index (χ4n) is 4.14. The molecule has 2 saturated heterocycles. The van der Waals surface area contributed by atoms with Gasteiger partial charge in [-0.3, -0.25) is 9.59 Å². The third-order valence-electron chi connectivity index (χ3n) is 5.71. The number of carbonyl (C=O) groups is 2. The maximum Gasteiger partial charge on any atom is 0.222 e. The van der Waals surface area contributed by atoms with Crippen molar-refractivity contribution in [3.63, 3.8) is 0 Å². The summed E-state index contributed by atoms with van der Waals surface area (Å²) in [6, 6.07) is 3.81. The zero-order valence-corrected chi connectivity index (χ0v) is 16.2. The van der Waals surface area contributed by atoms with Crippen LogP contribution >= 0.6 is 0 Å². The van der Waals surface area contributed by atoms with Crippen molar-refractivity contribution in [2.75, 3.05) is 51.7 Å². The minimum Gasteiger partial charge on any atom is -0.356 e. The van der Waals surface area contributed by atoms with Crippen molar-refractivity contribution in [1.82, 2.24) is 14.8 Å². The Morgan fingerprint density at radius 1 is 1.27 bits per heavy atom. The van der Waals surface area contributed by atoms with Gasteiger partial charge < -0.3 is 14.7 Å². The van der Waals surface area contributed by atoms with Gasteiger partial charge in [-0.1, -0.05) is 0 Å². The van der Waals surface area contributed by atoms with E-state index in [9.17, 15) is 9.59 Å². The monoisotopic (exact) mass is 358 g/mol. The number of likely N-dealkylation sites (tertiary alicyclic amines) is 1. The number of ketones is 1. The first kappa shape index (κ1) is 18.8. The van der Waals surface area contributed by atoms with E-state index in [1.54, 1.807) is 13.1 Å². The van der Waals surface area contributed by atoms with Crippen molar-refractivity contribution >= 4 is 17.5 Å². The fourth-order valence-corrected chi connectivity index (χ4v) is 4.14. The van der Waals surface area contributed by atoms with Gasteiger partial charge in [0, 0.05) is 56.3 Å². The lowest BCUT2D eigenvalue weighted by molar-refractivity contribution is -0.138. The molecule has 26 heavy (non-hydrogen) atoms. The molecule has 6 heteroatoms. The number of likely N-dealkylation sites (N-methyl/N-ethyl adjacent to an activating group) is 1. The Labute approximate surface area is 156 Å². The molecular weight excluding hydrogens is 328 g/mol. The third kappa shape index (κ3) is 4.23. The highest BCUT2D eigenvalue weighted by molar-refractivity contribution is 5.93. The molecule has 0 saturated carbocycles. The summed E-state index contributed by atoms with van der Waals surface area (Å²) >= 11 is 0. The second-order valence-corrected chi connectivity index (χ2v) is 8.10. The van der Waals surface area contributed by atoms with Gasteiger partial charge in [0.15, 0.2) is 5.78 Å². The zero-order chi connectivity index (χ0) is 18.7. The van der Waals surface area contributed by atoms with Crippen LogP contribution in [0.5, 0.6) is 0 Å². The number of amides is 1. The summed E-state index contributed by atoms with van der Waals surface area (Å²) in [5, 5.41) is 0. The van der Waals surface area contributed by atoms with Gasteiger partial charge in [-0.05, 0) is 52.4 Å². The predicted octanol–water partition coefficient (Wildman–Crippen LogP) is 2.05. The van der Waals surface area contributed by atoms with Crippen molar-refractivity contribution in [2.24, 2.45) is 5.41 Å². The summed E-state index contributed by atoms with van der Waals surface area (Å²) in [7, 11) is 4.09. The van der Waals surface area contributed by atoms with Gasteiger partial charge in [0.1, 0.15) is 5.82 Å². The Morgan fingerprint density at radius 3 is 2.73 bits per heavy atom. The van der Waals surface area contributed by atoms with Crippen LogP contribution in [0.2, 0.25) is 0 Å². The van der Waals surface area contributed by atoms with Gasteiger partial charge in [0.2, 0.25) is 5.91 Å². The molecule has 1 aromatic heterocycles. The normalized spacial score (nSPS) is 23.8. The van der Waals surface area contributed by atoms with Gasteiger partial charge in [-0.2, -0.15) is 0 Å². The van der Waals surface area contributed by atoms with Gasteiger partial charge in [0.25, 0.3) is 0 Å². The van der Waals surface area contributed by atoms with Gasteiger partial charge >= 0.3 is 0 Å². The highest BCUT2D eigenvalue weighted by Gasteiger charge is 2.41. The number of anilines is 1. The van der Waals surface area contributed by atoms with E-state index in [1.165, 1.54) is 6.42 Å². The molecular formula is C20H30N4O2. The summed E-state index contributed by atoms with van der Waals surface area (Å²) < 4.78 is 0. The second kappa shape index (κ2) is 7.74. The van der Waals surface area contributed by atoms with Crippen LogP contribution in [-0.4, -0.2) is 73.3 Å². The lowest BCUT2D eigenvalue weighted by atomic mass is 9.73. The Bertz CT molecular complexity index is 658. The Morgan fingerprint density at radius 2 is 2.08 bits per heavy atom. The Balaban J connectivity index is 1.70. The standard InChI is InChI=1S/C20H30N4O2/c1-16(25)17-5-6-18(21-13-17)23-10-4-8-20(14-23)9-7-19(26)24(15-20)12-11-22(2)3/h5-6,13H,4,7-12,14-15H2,1-3H3/t20-/m0/s1. The zero-order valence-electron chi connectivity index (χ0n) is 16.2. The van der Waals surface area contributed by atoms with Crippen molar-refractivity contribution in [3.8, 4) is 0 Å². The molecule has 0 aromatic carbocycles. The molecule has 142 valence electrons. The molecule has 2 aliphatic rings. The van der Waals surface area contributed by atoms with Gasteiger partial charge in [0.05, 0.1) is 0 Å². The summed E-state index contributed by atoms with van der Waals surface area (Å²) in [6.07, 6.45) is 5.57. The van der Waals surface area contributed by atoms with E-state index in [1.807, 2.05) is 26.2 Å². The van der Waals surface area contributed by atoms with Gasteiger partial charge in [-0.25, -0.2) is 4.98 Å². The first-order valence-electron chi connectivity index (χ1n) is 9.53. The lowest BCUT2D eigenvalue weighted by Gasteiger charge is -2.48. The van der Waals surface area contributed by atoms with E-state index < -0.39 is 0 Å². The van der Waals surface area contributed by atoms with Crippen molar-refractivity contribution < 1.29 is 9.59 Å². The molecule has 2 aliphatic heterocycles. The maximum atomic E-state index is 12.3. The van der Waals surface area contributed by atoms with Crippen molar-refractivity contribution in [1.29, 1.82) is 0 Å². The van der Waals surface area contributed by atoms with Gasteiger partial charge in [-0.15, -0.1) is 0 Å². The van der Waals surface area contributed by atoms with Crippen LogP contribution in [-0.2, 0) is 4.79 Å². The number of rotatable bonds is 5. The predicted molar refractivity (Wildman–Crippen MR) is 102 cm³/mol. The van der Waals surface area contributed by atoms with Crippen LogP contribution in [0, 0.1) is 5.41 Å². The first-order chi connectivity index (χ1) is 12.4. The topological polar surface area (TPSA) is 56.8 Å². The smallest absolute Gasteiger partial charge is 0.222 e. The second-order valence-electron chi connectivity index (χ2n) is 8.10. The number of pyridine rings is 1. The number of piperidine rings is 2. The SMILES string of the molecule is CC(=O)c1ccc(N2CCC[C@]3(CCC(=O)N(CCN(C)C)C3)C2)nc1. The molecule has 1 aromatic rings. The molecule has 1 atom stereocenters. The fraction of sp³-hybridized carbons (Fsp3) is 0.650. The number of aromatic nitrogens is 1. The molecule has 3 rings (SSSR count). The molecule has 0 radical (unpaired) electrons. The van der Waals surface area contributed by atoms with E-state index in [0.29, 0.717) is 17.9 Å². The molecule has 6 nitrogen and oxygen atoms in total. The molecule has 0 unspecified atom stereocenters. The number of carbonyl (C=O) groups excluding carboxylic acids is 2. The minimum absolute atomic E-state index is 0.0430. The van der Waals surface area contributed by atoms with E-state index in [4.69, 9.17) is 0 Å². The Kier molecular flexibility index (Phi) is 5.61. The van der Waals surface area contributed by atoms with E-state index >= 15 is 0 Å². The minimum atomic E-state index is 0.0430. The third-order valence-corrected chi connectivity index (χ3v) is 5.71. The average molecular weight is 358 g/mol. The first-order valence-corrected chi connectivity index (χ1v) is 9.53. The van der Waals surface area contributed by atoms with Crippen LogP contribution in [0.25, 0.3) is 0 Å². The number of nitrogens with zero attached hydrogens (tertiary/aromatic N) is 4. The summed E-state index contributed by atoms with van der Waals surface area (Å²) in [5.41, 5.74) is 0.818. The quantitative estimate of drug-likeness (QED) is 0.754. The molecule has 0 N–H and O–H groups in total. The van der Waals surface area contributed by atoms with Crippen molar-refractivity contribution in [2.45, 2.75) is 32.6 Å². The number of hydrogen-bond acceptors (Lipinski definition) is 5. The number of hydrogen-bond donors (Lipinski definition) is 0. The molecule has 1 spiro atoms. The van der Waals surface area contributed by atoms with Crippen LogP contribution in [0.3, 0.4) is 0 Å².